The second-order valence-corrected chi connectivity index (χ2v) is 5.05. The Morgan fingerprint density at radius 1 is 1.43 bits per heavy atom. The Kier molecular flexibility index (Phi) is 8.43. The summed E-state index contributed by atoms with van der Waals surface area (Å²) in [7, 11) is 0. The van der Waals surface area contributed by atoms with E-state index in [1.54, 1.807) is 12.1 Å². The van der Waals surface area contributed by atoms with Gasteiger partial charge in [0.2, 0.25) is 5.91 Å². The number of amides is 1. The summed E-state index contributed by atoms with van der Waals surface area (Å²) >= 11 is 0. The maximum Gasteiger partial charge on any atom is 0.220 e. The molecule has 0 bridgehead atoms. The van der Waals surface area contributed by atoms with E-state index in [1.807, 2.05) is 0 Å². The SMILES string of the molecule is CCCCC(CN)NC(=O)CCCOc1cccc(F)c1. The summed E-state index contributed by atoms with van der Waals surface area (Å²) in [4.78, 5) is 11.8. The van der Waals surface area contributed by atoms with Crippen LogP contribution in [0.15, 0.2) is 24.3 Å². The molecule has 0 heterocycles. The van der Waals surface area contributed by atoms with Crippen LogP contribution in [0.3, 0.4) is 0 Å². The predicted molar refractivity (Wildman–Crippen MR) is 81.6 cm³/mol. The monoisotopic (exact) mass is 296 g/mol. The van der Waals surface area contributed by atoms with Crippen molar-refractivity contribution in [2.75, 3.05) is 13.2 Å². The molecule has 3 N–H and O–H groups in total. The van der Waals surface area contributed by atoms with Gasteiger partial charge in [-0.2, -0.15) is 0 Å². The lowest BCUT2D eigenvalue weighted by molar-refractivity contribution is -0.122. The molecule has 118 valence electrons. The Hall–Kier alpha value is -1.62. The molecule has 21 heavy (non-hydrogen) atoms. The number of rotatable bonds is 10. The van der Waals surface area contributed by atoms with Crippen LogP contribution in [-0.2, 0) is 4.79 Å². The van der Waals surface area contributed by atoms with Crippen molar-refractivity contribution in [1.29, 1.82) is 0 Å². The summed E-state index contributed by atoms with van der Waals surface area (Å²) < 4.78 is 18.3. The number of carbonyl (C=O) groups excluding carboxylic acids is 1. The smallest absolute Gasteiger partial charge is 0.220 e. The topological polar surface area (TPSA) is 64.3 Å². The van der Waals surface area contributed by atoms with E-state index in [4.69, 9.17) is 10.5 Å². The van der Waals surface area contributed by atoms with Crippen LogP contribution in [0.25, 0.3) is 0 Å². The van der Waals surface area contributed by atoms with Gasteiger partial charge in [0.05, 0.1) is 6.61 Å². The fourth-order valence-electron chi connectivity index (χ4n) is 1.98. The molecule has 1 rings (SSSR count). The molecule has 1 aromatic rings. The summed E-state index contributed by atoms with van der Waals surface area (Å²) in [5.41, 5.74) is 5.63. The lowest BCUT2D eigenvalue weighted by Crippen LogP contribution is -2.40. The minimum Gasteiger partial charge on any atom is -0.493 e. The molecule has 0 aliphatic carbocycles. The molecule has 0 aromatic heterocycles. The van der Waals surface area contributed by atoms with Gasteiger partial charge in [-0.3, -0.25) is 4.79 Å². The highest BCUT2D eigenvalue weighted by Crippen LogP contribution is 2.12. The Morgan fingerprint density at radius 3 is 2.90 bits per heavy atom. The standard InChI is InChI=1S/C16H25FN2O2/c1-2-3-7-14(12-18)19-16(20)9-5-10-21-15-8-4-6-13(17)11-15/h4,6,8,11,14H,2-3,5,7,9-10,12,18H2,1H3,(H,19,20). The molecule has 1 aromatic carbocycles. The summed E-state index contributed by atoms with van der Waals surface area (Å²) in [5, 5.41) is 2.93. The van der Waals surface area contributed by atoms with Crippen molar-refractivity contribution in [2.24, 2.45) is 5.73 Å². The second-order valence-electron chi connectivity index (χ2n) is 5.05. The van der Waals surface area contributed by atoms with Gasteiger partial charge in [-0.1, -0.05) is 25.8 Å². The van der Waals surface area contributed by atoms with E-state index >= 15 is 0 Å². The number of nitrogens with two attached hydrogens (primary N) is 1. The van der Waals surface area contributed by atoms with Crippen LogP contribution in [0, 0.1) is 5.82 Å². The van der Waals surface area contributed by atoms with Crippen molar-refractivity contribution < 1.29 is 13.9 Å². The zero-order valence-corrected chi connectivity index (χ0v) is 12.6. The zero-order valence-electron chi connectivity index (χ0n) is 12.6. The number of unbranched alkanes of at least 4 members (excludes halogenated alkanes) is 1. The Labute approximate surface area is 125 Å². The van der Waals surface area contributed by atoms with Crippen LogP contribution in [0.4, 0.5) is 4.39 Å². The average Bonchev–Trinajstić information content (AvgIpc) is 2.48. The highest BCUT2D eigenvalue weighted by Gasteiger charge is 2.09. The highest BCUT2D eigenvalue weighted by atomic mass is 19.1. The molecule has 0 radical (unpaired) electrons. The van der Waals surface area contributed by atoms with E-state index in [0.29, 0.717) is 31.7 Å². The van der Waals surface area contributed by atoms with Crippen LogP contribution in [-0.4, -0.2) is 25.1 Å². The van der Waals surface area contributed by atoms with Crippen molar-refractivity contribution in [3.8, 4) is 5.75 Å². The number of carbonyl (C=O) groups is 1. The van der Waals surface area contributed by atoms with E-state index in [2.05, 4.69) is 12.2 Å². The second kappa shape index (κ2) is 10.2. The fourth-order valence-corrected chi connectivity index (χ4v) is 1.98. The minimum atomic E-state index is -0.327. The zero-order chi connectivity index (χ0) is 15.5. The molecule has 4 nitrogen and oxygen atoms in total. The first-order chi connectivity index (χ1) is 10.2. The van der Waals surface area contributed by atoms with Crippen molar-refractivity contribution in [1.82, 2.24) is 5.32 Å². The summed E-state index contributed by atoms with van der Waals surface area (Å²) in [6.07, 6.45) is 4.04. The predicted octanol–water partition coefficient (Wildman–Crippen LogP) is 2.62. The third kappa shape index (κ3) is 7.66. The molecular weight excluding hydrogens is 271 g/mol. The summed E-state index contributed by atoms with van der Waals surface area (Å²) in [6.45, 7) is 2.96. The molecule has 0 fully saturated rings. The first kappa shape index (κ1) is 17.4. The van der Waals surface area contributed by atoms with Crippen LogP contribution in [0.2, 0.25) is 0 Å². The number of nitrogens with one attached hydrogen (secondary N) is 1. The van der Waals surface area contributed by atoms with E-state index < -0.39 is 0 Å². The van der Waals surface area contributed by atoms with Gasteiger partial charge in [0.1, 0.15) is 11.6 Å². The molecule has 0 aliphatic heterocycles. The molecule has 1 atom stereocenters. The first-order valence-electron chi connectivity index (χ1n) is 7.53. The molecule has 1 unspecified atom stereocenters. The molecular formula is C16H25FN2O2. The molecule has 1 amide bonds. The van der Waals surface area contributed by atoms with Gasteiger partial charge in [0.15, 0.2) is 0 Å². The van der Waals surface area contributed by atoms with Gasteiger partial charge < -0.3 is 15.8 Å². The van der Waals surface area contributed by atoms with E-state index in [1.165, 1.54) is 12.1 Å². The number of hydrogen-bond donors (Lipinski definition) is 2. The van der Waals surface area contributed by atoms with Crippen LogP contribution >= 0.6 is 0 Å². The minimum absolute atomic E-state index is 0.00982. The molecule has 0 spiro atoms. The molecule has 5 heteroatoms. The molecule has 0 saturated heterocycles. The molecule has 0 aliphatic rings. The molecule has 0 saturated carbocycles. The van der Waals surface area contributed by atoms with Gasteiger partial charge >= 0.3 is 0 Å². The normalized spacial score (nSPS) is 12.0. The summed E-state index contributed by atoms with van der Waals surface area (Å²) in [6, 6.07) is 6.04. The van der Waals surface area contributed by atoms with Crippen LogP contribution < -0.4 is 15.8 Å². The van der Waals surface area contributed by atoms with Crippen LogP contribution in [0.1, 0.15) is 39.0 Å². The Bertz CT molecular complexity index is 426. The van der Waals surface area contributed by atoms with Gasteiger partial charge in [0, 0.05) is 25.1 Å². The van der Waals surface area contributed by atoms with E-state index in [0.717, 1.165) is 19.3 Å². The van der Waals surface area contributed by atoms with Crippen molar-refractivity contribution >= 4 is 5.91 Å². The van der Waals surface area contributed by atoms with Gasteiger partial charge in [-0.15, -0.1) is 0 Å². The third-order valence-corrected chi connectivity index (χ3v) is 3.17. The van der Waals surface area contributed by atoms with E-state index in [-0.39, 0.29) is 17.8 Å². The average molecular weight is 296 g/mol. The van der Waals surface area contributed by atoms with Crippen molar-refractivity contribution in [3.63, 3.8) is 0 Å². The van der Waals surface area contributed by atoms with Gasteiger partial charge in [-0.25, -0.2) is 4.39 Å². The number of benzene rings is 1. The maximum atomic E-state index is 12.9. The Balaban J connectivity index is 2.18. The number of hydrogen-bond acceptors (Lipinski definition) is 3. The maximum absolute atomic E-state index is 12.9. The summed E-state index contributed by atoms with van der Waals surface area (Å²) in [5.74, 6) is 0.148. The Morgan fingerprint density at radius 2 is 2.24 bits per heavy atom. The lowest BCUT2D eigenvalue weighted by Gasteiger charge is -2.16. The fraction of sp³-hybridized carbons (Fsp3) is 0.562. The van der Waals surface area contributed by atoms with Gasteiger partial charge in [0.25, 0.3) is 0 Å². The van der Waals surface area contributed by atoms with Crippen molar-refractivity contribution in [2.45, 2.75) is 45.1 Å². The largest absolute Gasteiger partial charge is 0.493 e. The number of halogens is 1. The third-order valence-electron chi connectivity index (χ3n) is 3.17. The lowest BCUT2D eigenvalue weighted by atomic mass is 10.1. The van der Waals surface area contributed by atoms with Crippen molar-refractivity contribution in [3.05, 3.63) is 30.1 Å². The number of ether oxygens (including phenoxy) is 1. The first-order valence-corrected chi connectivity index (χ1v) is 7.53. The van der Waals surface area contributed by atoms with E-state index in [9.17, 15) is 9.18 Å². The van der Waals surface area contributed by atoms with Gasteiger partial charge in [-0.05, 0) is 25.0 Å². The quantitative estimate of drug-likeness (QED) is 0.652. The highest BCUT2D eigenvalue weighted by molar-refractivity contribution is 5.76. The van der Waals surface area contributed by atoms with Crippen LogP contribution in [0.5, 0.6) is 5.75 Å².